The van der Waals surface area contributed by atoms with Crippen molar-refractivity contribution < 1.29 is 9.84 Å². The molecule has 0 aliphatic heterocycles. The Kier molecular flexibility index (Phi) is 7.09. The molecule has 0 saturated heterocycles. The van der Waals surface area contributed by atoms with Gasteiger partial charge in [-0.2, -0.15) is 0 Å². The van der Waals surface area contributed by atoms with Crippen LogP contribution in [0.5, 0.6) is 0 Å². The fraction of sp³-hybridized carbons (Fsp3) is 0.533. The van der Waals surface area contributed by atoms with Gasteiger partial charge in [-0.15, -0.1) is 0 Å². The highest BCUT2D eigenvalue weighted by Crippen LogP contribution is 2.14. The van der Waals surface area contributed by atoms with Crippen LogP contribution in [0.3, 0.4) is 0 Å². The summed E-state index contributed by atoms with van der Waals surface area (Å²) < 4.78 is 5.49. The fourth-order valence-electron chi connectivity index (χ4n) is 1.81. The van der Waals surface area contributed by atoms with E-state index in [-0.39, 0.29) is 6.10 Å². The average Bonchev–Trinajstić information content (AvgIpc) is 2.38. The van der Waals surface area contributed by atoms with Crippen LogP contribution in [0.4, 0.5) is 0 Å². The Labute approximate surface area is 126 Å². The summed E-state index contributed by atoms with van der Waals surface area (Å²) in [7, 11) is 1.97. The Morgan fingerprint density at radius 1 is 1.35 bits per heavy atom. The molecule has 0 saturated carbocycles. The van der Waals surface area contributed by atoms with Crippen molar-refractivity contribution in [2.75, 3.05) is 26.7 Å². The number of benzene rings is 1. The van der Waals surface area contributed by atoms with Gasteiger partial charge in [0.15, 0.2) is 0 Å². The van der Waals surface area contributed by atoms with Crippen LogP contribution in [0.25, 0.3) is 0 Å². The molecule has 0 spiro atoms. The maximum absolute atomic E-state index is 10.2. The monoisotopic (exact) mass is 296 g/mol. The quantitative estimate of drug-likeness (QED) is 0.715. The first-order chi connectivity index (χ1) is 9.40. The number of nitrogens with two attached hydrogens (primary N) is 1. The van der Waals surface area contributed by atoms with E-state index < -0.39 is 6.10 Å². The largest absolute Gasteiger partial charge is 0.389 e. The second-order valence-corrected chi connectivity index (χ2v) is 5.62. The molecule has 0 radical (unpaired) electrons. The van der Waals surface area contributed by atoms with Crippen LogP contribution in [-0.4, -0.2) is 47.8 Å². The number of aliphatic hydroxyl groups excluding tert-OH is 1. The zero-order valence-electron chi connectivity index (χ0n) is 12.4. The molecule has 0 heterocycles. The van der Waals surface area contributed by atoms with Crippen LogP contribution in [0.2, 0.25) is 0 Å². The Balaban J connectivity index is 2.45. The molecule has 0 aromatic heterocycles. The van der Waals surface area contributed by atoms with Crippen LogP contribution in [0.1, 0.15) is 31.1 Å². The molecule has 1 aromatic rings. The normalized spacial score (nSPS) is 12.9. The molecule has 20 heavy (non-hydrogen) atoms. The number of aliphatic hydroxyl groups is 1. The van der Waals surface area contributed by atoms with E-state index in [0.717, 1.165) is 17.7 Å². The van der Waals surface area contributed by atoms with E-state index in [1.54, 1.807) is 0 Å². The predicted octanol–water partition coefficient (Wildman–Crippen LogP) is 1.71. The number of hydrogen-bond donors (Lipinski definition) is 2. The van der Waals surface area contributed by atoms with Crippen LogP contribution in [0.15, 0.2) is 24.3 Å². The second kappa shape index (κ2) is 8.32. The predicted molar refractivity (Wildman–Crippen MR) is 85.9 cm³/mol. The van der Waals surface area contributed by atoms with Crippen molar-refractivity contribution in [3.63, 3.8) is 0 Å². The van der Waals surface area contributed by atoms with E-state index in [0.29, 0.717) is 18.1 Å². The summed E-state index contributed by atoms with van der Waals surface area (Å²) in [6, 6.07) is 7.39. The van der Waals surface area contributed by atoms with Crippen LogP contribution in [-0.2, 0) is 4.74 Å². The second-order valence-electron chi connectivity index (χ2n) is 5.18. The number of likely N-dealkylation sites (N-methyl/N-ethyl adjacent to an activating group) is 1. The van der Waals surface area contributed by atoms with Crippen molar-refractivity contribution in [3.05, 3.63) is 35.4 Å². The van der Waals surface area contributed by atoms with Crippen molar-refractivity contribution in [2.24, 2.45) is 5.73 Å². The van der Waals surface area contributed by atoms with Crippen molar-refractivity contribution in [2.45, 2.75) is 26.1 Å². The van der Waals surface area contributed by atoms with Crippen molar-refractivity contribution in [3.8, 4) is 0 Å². The lowest BCUT2D eigenvalue weighted by molar-refractivity contribution is 0.0519. The standard InChI is InChI=1S/C15H24N2O2S/c1-11(2)19-9-8-17(3)10-14(18)12-4-6-13(7-5-12)15(16)20/h4-7,11,14,18H,8-10H2,1-3H3,(H2,16,20). The lowest BCUT2D eigenvalue weighted by Crippen LogP contribution is -2.28. The number of rotatable bonds is 8. The molecule has 112 valence electrons. The zero-order valence-corrected chi connectivity index (χ0v) is 13.2. The number of hydrogen-bond acceptors (Lipinski definition) is 4. The third kappa shape index (κ3) is 5.96. The van der Waals surface area contributed by atoms with Gasteiger partial charge in [-0.05, 0) is 26.5 Å². The Hall–Kier alpha value is -1.01. The Morgan fingerprint density at radius 3 is 2.45 bits per heavy atom. The molecule has 0 fully saturated rings. The molecule has 1 rings (SSSR count). The van der Waals surface area contributed by atoms with Crippen LogP contribution in [0, 0.1) is 0 Å². The van der Waals surface area contributed by atoms with Gasteiger partial charge in [0.25, 0.3) is 0 Å². The van der Waals surface area contributed by atoms with Crippen molar-refractivity contribution >= 4 is 17.2 Å². The van der Waals surface area contributed by atoms with E-state index in [2.05, 4.69) is 4.90 Å². The molecule has 0 bridgehead atoms. The molecular weight excluding hydrogens is 272 g/mol. The topological polar surface area (TPSA) is 58.7 Å². The van der Waals surface area contributed by atoms with Gasteiger partial charge < -0.3 is 20.5 Å². The van der Waals surface area contributed by atoms with E-state index in [1.165, 1.54) is 0 Å². The summed E-state index contributed by atoms with van der Waals surface area (Å²) >= 11 is 4.90. The third-order valence-corrected chi connectivity index (χ3v) is 3.22. The van der Waals surface area contributed by atoms with Crippen molar-refractivity contribution in [1.82, 2.24) is 4.90 Å². The first-order valence-corrected chi connectivity index (χ1v) is 7.19. The maximum Gasteiger partial charge on any atom is 0.103 e. The van der Waals surface area contributed by atoms with Gasteiger partial charge in [0.2, 0.25) is 0 Å². The molecule has 0 aliphatic carbocycles. The Morgan fingerprint density at radius 2 is 1.95 bits per heavy atom. The number of thiocarbonyl (C=S) groups is 1. The molecule has 5 heteroatoms. The molecule has 1 atom stereocenters. The number of nitrogens with zero attached hydrogens (tertiary/aromatic N) is 1. The van der Waals surface area contributed by atoms with E-state index >= 15 is 0 Å². The minimum absolute atomic E-state index is 0.237. The van der Waals surface area contributed by atoms with E-state index in [1.807, 2.05) is 45.2 Å². The lowest BCUT2D eigenvalue weighted by Gasteiger charge is -2.21. The Bertz CT molecular complexity index is 420. The number of ether oxygens (including phenoxy) is 1. The molecule has 4 nitrogen and oxygen atoms in total. The van der Waals surface area contributed by atoms with Gasteiger partial charge >= 0.3 is 0 Å². The minimum Gasteiger partial charge on any atom is -0.389 e. The summed E-state index contributed by atoms with van der Waals surface area (Å²) in [4.78, 5) is 2.42. The zero-order chi connectivity index (χ0) is 15.1. The summed E-state index contributed by atoms with van der Waals surface area (Å²) in [5.41, 5.74) is 7.22. The lowest BCUT2D eigenvalue weighted by atomic mass is 10.1. The average molecular weight is 296 g/mol. The highest BCUT2D eigenvalue weighted by atomic mass is 32.1. The fourth-order valence-corrected chi connectivity index (χ4v) is 1.94. The molecule has 1 aromatic carbocycles. The SMILES string of the molecule is CC(C)OCCN(C)CC(O)c1ccc(C(N)=S)cc1. The molecular formula is C15H24N2O2S. The highest BCUT2D eigenvalue weighted by Gasteiger charge is 2.11. The highest BCUT2D eigenvalue weighted by molar-refractivity contribution is 7.80. The van der Waals surface area contributed by atoms with Gasteiger partial charge in [-0.1, -0.05) is 36.5 Å². The van der Waals surface area contributed by atoms with Crippen molar-refractivity contribution in [1.29, 1.82) is 0 Å². The van der Waals surface area contributed by atoms with E-state index in [9.17, 15) is 5.11 Å². The third-order valence-electron chi connectivity index (χ3n) is 2.99. The molecule has 0 amide bonds. The molecule has 1 unspecified atom stereocenters. The summed E-state index contributed by atoms with van der Waals surface area (Å²) in [5.74, 6) is 0. The molecule has 3 N–H and O–H groups in total. The van der Waals surface area contributed by atoms with E-state index in [4.69, 9.17) is 22.7 Å². The smallest absolute Gasteiger partial charge is 0.103 e. The van der Waals surface area contributed by atoms with Gasteiger partial charge in [0.1, 0.15) is 4.99 Å². The van der Waals surface area contributed by atoms with Gasteiger partial charge in [-0.25, -0.2) is 0 Å². The van der Waals surface area contributed by atoms with Gasteiger partial charge in [-0.3, -0.25) is 0 Å². The summed E-state index contributed by atoms with van der Waals surface area (Å²) in [6.07, 6.45) is -0.291. The minimum atomic E-state index is -0.528. The van der Waals surface area contributed by atoms with Crippen LogP contribution < -0.4 is 5.73 Å². The summed E-state index contributed by atoms with van der Waals surface area (Å²) in [5, 5.41) is 10.2. The molecule has 0 aliphatic rings. The maximum atomic E-state index is 10.2. The van der Waals surface area contributed by atoms with Gasteiger partial charge in [0, 0.05) is 18.7 Å². The van der Waals surface area contributed by atoms with Crippen LogP contribution >= 0.6 is 12.2 Å². The first kappa shape index (κ1) is 17.0. The van der Waals surface area contributed by atoms with Gasteiger partial charge in [0.05, 0.1) is 18.8 Å². The summed E-state index contributed by atoms with van der Waals surface area (Å²) in [6.45, 7) is 6.05. The first-order valence-electron chi connectivity index (χ1n) is 6.78.